The van der Waals surface area contributed by atoms with Gasteiger partial charge in [0.15, 0.2) is 0 Å². The molecule has 176 valence electrons. The second kappa shape index (κ2) is 12.2. The summed E-state index contributed by atoms with van der Waals surface area (Å²) >= 11 is 8.12. The van der Waals surface area contributed by atoms with Crippen molar-refractivity contribution < 1.29 is 19.7 Å². The molecule has 0 radical (unpaired) electrons. The van der Waals surface area contributed by atoms with E-state index in [0.29, 0.717) is 30.9 Å². The summed E-state index contributed by atoms with van der Waals surface area (Å²) in [4.78, 5) is 0. The van der Waals surface area contributed by atoms with Gasteiger partial charge in [-0.2, -0.15) is 0 Å². The largest absolute Gasteiger partial charge is 0.492 e. The van der Waals surface area contributed by atoms with Gasteiger partial charge in [-0.3, -0.25) is 0 Å². The highest BCUT2D eigenvalue weighted by molar-refractivity contribution is 7.94. The van der Waals surface area contributed by atoms with Crippen LogP contribution in [0, 0.1) is 0 Å². The number of nitrogens with zero attached hydrogens (tertiary/aromatic N) is 2. The Kier molecular flexibility index (Phi) is 9.67. The van der Waals surface area contributed by atoms with Crippen LogP contribution in [0.4, 0.5) is 0 Å². The molecule has 6 nitrogen and oxygen atoms in total. The van der Waals surface area contributed by atoms with Crippen molar-refractivity contribution in [3.63, 3.8) is 0 Å². The van der Waals surface area contributed by atoms with E-state index in [9.17, 15) is 10.2 Å². The molecule has 0 aromatic heterocycles. The van der Waals surface area contributed by atoms with Crippen molar-refractivity contribution >= 4 is 23.7 Å². The summed E-state index contributed by atoms with van der Waals surface area (Å²) in [6.07, 6.45) is 0.619. The van der Waals surface area contributed by atoms with Crippen molar-refractivity contribution in [1.29, 1.82) is 0 Å². The van der Waals surface area contributed by atoms with Crippen LogP contribution in [-0.2, 0) is 11.2 Å². The van der Waals surface area contributed by atoms with Crippen molar-refractivity contribution in [1.82, 2.24) is 8.61 Å². The lowest BCUT2D eigenvalue weighted by Crippen LogP contribution is -2.33. The Morgan fingerprint density at radius 2 is 1.88 bits per heavy atom. The van der Waals surface area contributed by atoms with Gasteiger partial charge in [0, 0.05) is 36.5 Å². The number of halogens is 1. The third-order valence-corrected chi connectivity index (χ3v) is 6.48. The minimum absolute atomic E-state index is 0.0901. The number of benzene rings is 2. The molecule has 8 heteroatoms. The van der Waals surface area contributed by atoms with Gasteiger partial charge in [-0.05, 0) is 62.5 Å². The fraction of sp³-hybridized carbons (Fsp3) is 0.500. The molecule has 1 heterocycles. The maximum atomic E-state index is 10.1. The number of likely N-dealkylation sites (N-methyl/N-ethyl adjacent to an activating group) is 1. The van der Waals surface area contributed by atoms with Crippen molar-refractivity contribution in [2.45, 2.75) is 37.6 Å². The molecule has 32 heavy (non-hydrogen) atoms. The van der Waals surface area contributed by atoms with Crippen LogP contribution in [0.25, 0.3) is 0 Å². The van der Waals surface area contributed by atoms with Crippen LogP contribution < -0.4 is 4.74 Å². The molecule has 3 rings (SSSR count). The number of hydrogen-bond donors (Lipinski definition) is 2. The number of aliphatic hydroxyl groups excluding tert-OH is 2. The molecule has 0 saturated carbocycles. The minimum atomic E-state index is -0.473. The molecule has 0 amide bonds. The molecule has 0 aliphatic carbocycles. The van der Waals surface area contributed by atoms with Crippen LogP contribution >= 0.6 is 23.7 Å². The first-order valence-corrected chi connectivity index (χ1v) is 12.0. The Labute approximate surface area is 200 Å². The zero-order valence-electron chi connectivity index (χ0n) is 18.9. The van der Waals surface area contributed by atoms with Gasteiger partial charge >= 0.3 is 0 Å². The molecule has 1 aliphatic heterocycles. The molecule has 3 unspecified atom stereocenters. The first kappa shape index (κ1) is 25.3. The maximum absolute atomic E-state index is 10.1. The van der Waals surface area contributed by atoms with E-state index in [1.165, 1.54) is 0 Å². The standard InChI is InChI=1S/C24H33ClN2O4S/c1-26(2)32-27(3)10-11-30-21-7-4-17(5-8-21)12-19-13-18(6-9-23(19)25)24-15-20(29)14-22(16-28)31-24/h4-9,13,20,22,24,28-29H,10-12,14-16H2,1-3H3. The van der Waals surface area contributed by atoms with Crippen LogP contribution in [0.3, 0.4) is 0 Å². The van der Waals surface area contributed by atoms with Gasteiger partial charge in [0.25, 0.3) is 0 Å². The second-order valence-corrected chi connectivity index (χ2v) is 10.2. The molecule has 0 spiro atoms. The lowest BCUT2D eigenvalue weighted by molar-refractivity contribution is -0.113. The summed E-state index contributed by atoms with van der Waals surface area (Å²) < 4.78 is 16.0. The topological polar surface area (TPSA) is 65.4 Å². The fourth-order valence-corrected chi connectivity index (χ4v) is 4.69. The van der Waals surface area contributed by atoms with E-state index in [0.717, 1.165) is 29.0 Å². The Hall–Kier alpha value is -1.32. The lowest BCUT2D eigenvalue weighted by atomic mass is 9.94. The summed E-state index contributed by atoms with van der Waals surface area (Å²) in [5, 5.41) is 20.3. The lowest BCUT2D eigenvalue weighted by Gasteiger charge is -2.32. The van der Waals surface area contributed by atoms with Gasteiger partial charge in [-0.15, -0.1) is 0 Å². The highest BCUT2D eigenvalue weighted by Gasteiger charge is 2.29. The minimum Gasteiger partial charge on any atom is -0.492 e. The summed E-state index contributed by atoms with van der Waals surface area (Å²) in [6, 6.07) is 13.9. The number of hydrogen-bond acceptors (Lipinski definition) is 7. The van der Waals surface area contributed by atoms with Gasteiger partial charge in [0.2, 0.25) is 0 Å². The average molecular weight is 481 g/mol. The SMILES string of the molecule is CN(C)SN(C)CCOc1ccc(Cc2cc(C3CC(O)CC(CO)O3)ccc2Cl)cc1. The third-order valence-electron chi connectivity index (χ3n) is 5.32. The van der Waals surface area contributed by atoms with E-state index in [2.05, 4.69) is 16.4 Å². The normalized spacial score (nSPS) is 21.3. The maximum Gasteiger partial charge on any atom is 0.119 e. The molecule has 2 N–H and O–H groups in total. The van der Waals surface area contributed by atoms with Crippen molar-refractivity contribution in [3.05, 3.63) is 64.2 Å². The van der Waals surface area contributed by atoms with Gasteiger partial charge in [-0.1, -0.05) is 35.9 Å². The third kappa shape index (κ3) is 7.63. The van der Waals surface area contributed by atoms with E-state index >= 15 is 0 Å². The van der Waals surface area contributed by atoms with Crippen molar-refractivity contribution in [2.75, 3.05) is 40.9 Å². The molecule has 2 aromatic rings. The van der Waals surface area contributed by atoms with E-state index in [1.807, 2.05) is 55.8 Å². The molecule has 1 aliphatic rings. The molecule has 0 bridgehead atoms. The Bertz CT molecular complexity index is 852. The van der Waals surface area contributed by atoms with Crippen LogP contribution in [0.2, 0.25) is 5.02 Å². The highest BCUT2D eigenvalue weighted by Crippen LogP contribution is 2.33. The molecular weight excluding hydrogens is 448 g/mol. The Morgan fingerprint density at radius 3 is 2.56 bits per heavy atom. The molecule has 2 aromatic carbocycles. The first-order chi connectivity index (χ1) is 15.3. The highest BCUT2D eigenvalue weighted by atomic mass is 35.5. The smallest absolute Gasteiger partial charge is 0.119 e. The van der Waals surface area contributed by atoms with Crippen LogP contribution in [0.5, 0.6) is 5.75 Å². The van der Waals surface area contributed by atoms with Crippen LogP contribution in [-0.4, -0.2) is 71.9 Å². The summed E-state index contributed by atoms with van der Waals surface area (Å²) in [5.74, 6) is 0.844. The molecule has 3 atom stereocenters. The van der Waals surface area contributed by atoms with Gasteiger partial charge in [0.05, 0.1) is 24.9 Å². The molecule has 1 saturated heterocycles. The van der Waals surface area contributed by atoms with E-state index in [-0.39, 0.29) is 18.8 Å². The van der Waals surface area contributed by atoms with Gasteiger partial charge in [-0.25, -0.2) is 8.61 Å². The van der Waals surface area contributed by atoms with E-state index in [4.69, 9.17) is 21.1 Å². The summed E-state index contributed by atoms with van der Waals surface area (Å²) in [7, 11) is 6.07. The Balaban J connectivity index is 1.59. The Morgan fingerprint density at radius 1 is 1.12 bits per heavy atom. The second-order valence-electron chi connectivity index (χ2n) is 8.32. The predicted molar refractivity (Wildman–Crippen MR) is 130 cm³/mol. The fourth-order valence-electron chi connectivity index (χ4n) is 3.79. The molecular formula is C24H33ClN2O4S. The summed E-state index contributed by atoms with van der Waals surface area (Å²) in [6.45, 7) is 1.35. The first-order valence-electron chi connectivity index (χ1n) is 10.8. The average Bonchev–Trinajstić information content (AvgIpc) is 2.75. The summed E-state index contributed by atoms with van der Waals surface area (Å²) in [5.41, 5.74) is 3.11. The van der Waals surface area contributed by atoms with Crippen molar-refractivity contribution in [3.8, 4) is 5.75 Å². The van der Waals surface area contributed by atoms with Gasteiger partial charge in [0.1, 0.15) is 12.4 Å². The number of aliphatic hydroxyl groups is 2. The molecule has 1 fully saturated rings. The van der Waals surface area contributed by atoms with Crippen LogP contribution in [0.15, 0.2) is 42.5 Å². The van der Waals surface area contributed by atoms with Crippen LogP contribution in [0.1, 0.15) is 35.6 Å². The van der Waals surface area contributed by atoms with E-state index in [1.54, 1.807) is 12.1 Å². The van der Waals surface area contributed by atoms with Gasteiger partial charge < -0.3 is 19.7 Å². The number of rotatable bonds is 10. The van der Waals surface area contributed by atoms with Crippen molar-refractivity contribution in [2.24, 2.45) is 0 Å². The van der Waals surface area contributed by atoms with E-state index < -0.39 is 6.10 Å². The predicted octanol–water partition coefficient (Wildman–Crippen LogP) is 3.94. The number of ether oxygens (including phenoxy) is 2. The quantitative estimate of drug-likeness (QED) is 0.499. The zero-order chi connectivity index (χ0) is 23.1. The monoisotopic (exact) mass is 480 g/mol. The zero-order valence-corrected chi connectivity index (χ0v) is 20.5.